The van der Waals surface area contributed by atoms with Crippen LogP contribution in [0.1, 0.15) is 36.7 Å². The smallest absolute Gasteiger partial charge is 0.274 e. The number of pyridine rings is 1. The molecule has 0 aliphatic carbocycles. The molecule has 0 fully saturated rings. The third kappa shape index (κ3) is 3.67. The molecule has 1 aromatic carbocycles. The largest absolute Gasteiger partial charge is 0.505 e. The zero-order chi connectivity index (χ0) is 16.1. The fourth-order valence-corrected chi connectivity index (χ4v) is 2.58. The molecule has 22 heavy (non-hydrogen) atoms. The third-order valence-corrected chi connectivity index (χ3v) is 3.81. The first-order valence-corrected chi connectivity index (χ1v) is 7.70. The number of aromatic hydroxyl groups is 1. The molecular weight excluding hydrogens is 302 g/mol. The van der Waals surface area contributed by atoms with Gasteiger partial charge in [-0.1, -0.05) is 42.3 Å². The Balaban J connectivity index is 2.20. The van der Waals surface area contributed by atoms with Crippen molar-refractivity contribution in [2.45, 2.75) is 32.2 Å². The third-order valence-electron chi connectivity index (χ3n) is 3.52. The molecule has 118 valence electrons. The first kappa shape index (κ1) is 16.5. The highest BCUT2D eigenvalue weighted by Gasteiger charge is 2.19. The van der Waals surface area contributed by atoms with Crippen LogP contribution in [0, 0.1) is 0 Å². The molecule has 0 aliphatic heterocycles. The molecule has 0 bridgehead atoms. The van der Waals surface area contributed by atoms with Crippen LogP contribution in [0.3, 0.4) is 0 Å². The number of hydrogen-bond donors (Lipinski definition) is 3. The topological polar surface area (TPSA) is 88.2 Å². The van der Waals surface area contributed by atoms with Crippen molar-refractivity contribution in [1.82, 2.24) is 10.3 Å². The van der Waals surface area contributed by atoms with Gasteiger partial charge < -0.3 is 16.2 Å². The van der Waals surface area contributed by atoms with Gasteiger partial charge in [-0.2, -0.15) is 0 Å². The molecule has 2 aromatic rings. The number of benzene rings is 1. The van der Waals surface area contributed by atoms with Gasteiger partial charge in [0.25, 0.3) is 5.91 Å². The summed E-state index contributed by atoms with van der Waals surface area (Å²) in [6.07, 6.45) is 2.69. The number of nitrogens with one attached hydrogen (secondary N) is 1. The molecule has 1 aromatic heterocycles. The molecule has 5 nitrogen and oxygen atoms in total. The van der Waals surface area contributed by atoms with Gasteiger partial charge in [0.1, 0.15) is 5.15 Å². The van der Waals surface area contributed by atoms with Gasteiger partial charge in [0.2, 0.25) is 0 Å². The van der Waals surface area contributed by atoms with Crippen molar-refractivity contribution in [3.05, 3.63) is 35.1 Å². The number of carbonyl (C=O) groups is 1. The van der Waals surface area contributed by atoms with E-state index in [0.717, 1.165) is 19.3 Å². The maximum absolute atomic E-state index is 12.3. The highest BCUT2D eigenvalue weighted by molar-refractivity contribution is 6.34. The molecule has 1 heterocycles. The Morgan fingerprint density at radius 2 is 2.05 bits per heavy atom. The van der Waals surface area contributed by atoms with Crippen LogP contribution in [0.2, 0.25) is 5.15 Å². The van der Waals surface area contributed by atoms with Crippen LogP contribution in [0.5, 0.6) is 5.75 Å². The maximum atomic E-state index is 12.3. The zero-order valence-electron chi connectivity index (χ0n) is 12.5. The Morgan fingerprint density at radius 3 is 2.73 bits per heavy atom. The van der Waals surface area contributed by atoms with Gasteiger partial charge in [-0.15, -0.1) is 0 Å². The maximum Gasteiger partial charge on any atom is 0.274 e. The lowest BCUT2D eigenvalue weighted by Crippen LogP contribution is -2.33. The molecule has 1 atom stereocenters. The Bertz CT molecular complexity index is 676. The summed E-state index contributed by atoms with van der Waals surface area (Å²) >= 11 is 6.10. The van der Waals surface area contributed by atoms with Crippen molar-refractivity contribution in [2.24, 2.45) is 5.73 Å². The molecule has 0 saturated heterocycles. The molecule has 4 N–H and O–H groups in total. The molecule has 6 heteroatoms. The number of nitrogens with two attached hydrogens (primary N) is 1. The van der Waals surface area contributed by atoms with E-state index in [1.807, 2.05) is 6.92 Å². The van der Waals surface area contributed by atoms with Crippen molar-refractivity contribution in [2.75, 3.05) is 6.54 Å². The summed E-state index contributed by atoms with van der Waals surface area (Å²) in [5.74, 6) is -0.572. The average Bonchev–Trinajstić information content (AvgIpc) is 2.51. The molecule has 0 aliphatic rings. The molecule has 2 rings (SSSR count). The van der Waals surface area contributed by atoms with Crippen LogP contribution < -0.4 is 11.1 Å². The molecular formula is C16H20ClN3O2. The minimum atomic E-state index is -0.426. The lowest BCUT2D eigenvalue weighted by Gasteiger charge is -2.14. The predicted octanol–water partition coefficient (Wildman–Crippen LogP) is 2.84. The van der Waals surface area contributed by atoms with Crippen LogP contribution >= 0.6 is 11.6 Å². The van der Waals surface area contributed by atoms with E-state index in [1.54, 1.807) is 24.3 Å². The molecule has 0 saturated carbocycles. The van der Waals surface area contributed by atoms with Gasteiger partial charge in [0.15, 0.2) is 11.4 Å². The second-order valence-corrected chi connectivity index (χ2v) is 5.66. The summed E-state index contributed by atoms with van der Waals surface area (Å²) in [6, 6.07) is 7.01. The number of rotatable bonds is 6. The fourth-order valence-electron chi connectivity index (χ4n) is 2.33. The fraction of sp³-hybridized carbons (Fsp3) is 0.375. The van der Waals surface area contributed by atoms with E-state index >= 15 is 0 Å². The second-order valence-electron chi connectivity index (χ2n) is 5.30. The van der Waals surface area contributed by atoms with E-state index < -0.39 is 5.91 Å². The first-order valence-electron chi connectivity index (χ1n) is 7.32. The Kier molecular flexibility index (Phi) is 5.57. The Labute approximate surface area is 134 Å². The standard InChI is InChI=1S/C16H20ClN3O2/c1-10(6-4-5-9-18)19-16(22)13-14(21)11-7-2-3-8-12(11)15(17)20-13/h2-3,7-8,10,21H,4-6,9,18H2,1H3,(H,19,22)/t10-/m0/s1. The van der Waals surface area contributed by atoms with Gasteiger partial charge in [0.05, 0.1) is 0 Å². The van der Waals surface area contributed by atoms with Gasteiger partial charge in [-0.25, -0.2) is 4.98 Å². The highest BCUT2D eigenvalue weighted by atomic mass is 35.5. The number of amides is 1. The van der Waals surface area contributed by atoms with Gasteiger partial charge in [-0.3, -0.25) is 4.79 Å². The van der Waals surface area contributed by atoms with Crippen molar-refractivity contribution in [1.29, 1.82) is 0 Å². The zero-order valence-corrected chi connectivity index (χ0v) is 13.2. The quantitative estimate of drug-likeness (QED) is 0.564. The normalized spacial score (nSPS) is 12.3. The summed E-state index contributed by atoms with van der Waals surface area (Å²) in [7, 11) is 0. The SMILES string of the molecule is C[C@@H](CCCCN)NC(=O)c1nc(Cl)c2ccccc2c1O. The van der Waals surface area contributed by atoms with Gasteiger partial charge in [0, 0.05) is 16.8 Å². The van der Waals surface area contributed by atoms with Crippen LogP contribution in [0.4, 0.5) is 0 Å². The molecule has 0 spiro atoms. The Morgan fingerprint density at radius 1 is 1.36 bits per heavy atom. The summed E-state index contributed by atoms with van der Waals surface area (Å²) < 4.78 is 0. The van der Waals surface area contributed by atoms with E-state index in [0.29, 0.717) is 17.3 Å². The van der Waals surface area contributed by atoms with Crippen molar-refractivity contribution in [3.63, 3.8) is 0 Å². The van der Waals surface area contributed by atoms with Gasteiger partial charge in [-0.05, 0) is 26.3 Å². The van der Waals surface area contributed by atoms with Gasteiger partial charge >= 0.3 is 0 Å². The van der Waals surface area contributed by atoms with E-state index in [4.69, 9.17) is 17.3 Å². The highest BCUT2D eigenvalue weighted by Crippen LogP contribution is 2.31. The van der Waals surface area contributed by atoms with Crippen LogP contribution in [-0.4, -0.2) is 28.6 Å². The predicted molar refractivity (Wildman–Crippen MR) is 88.3 cm³/mol. The van der Waals surface area contributed by atoms with E-state index in [1.165, 1.54) is 0 Å². The van der Waals surface area contributed by atoms with Crippen LogP contribution in [0.25, 0.3) is 10.8 Å². The lowest BCUT2D eigenvalue weighted by atomic mass is 10.1. The minimum Gasteiger partial charge on any atom is -0.505 e. The summed E-state index contributed by atoms with van der Waals surface area (Å²) in [5, 5.41) is 14.4. The second kappa shape index (κ2) is 7.42. The number of fused-ring (bicyclic) bond motifs is 1. The lowest BCUT2D eigenvalue weighted by molar-refractivity contribution is 0.0930. The van der Waals surface area contributed by atoms with Crippen LogP contribution in [0.15, 0.2) is 24.3 Å². The van der Waals surface area contributed by atoms with Crippen molar-refractivity contribution < 1.29 is 9.90 Å². The molecule has 0 unspecified atom stereocenters. The van der Waals surface area contributed by atoms with Crippen molar-refractivity contribution >= 4 is 28.3 Å². The van der Waals surface area contributed by atoms with Crippen LogP contribution in [-0.2, 0) is 0 Å². The molecule has 1 amide bonds. The first-order chi connectivity index (χ1) is 10.5. The van der Waals surface area contributed by atoms with E-state index in [2.05, 4.69) is 10.3 Å². The minimum absolute atomic E-state index is 0.0227. The summed E-state index contributed by atoms with van der Waals surface area (Å²) in [5.41, 5.74) is 5.40. The number of nitrogens with zero attached hydrogens (tertiary/aromatic N) is 1. The number of halogens is 1. The van der Waals surface area contributed by atoms with E-state index in [9.17, 15) is 9.90 Å². The molecule has 0 radical (unpaired) electrons. The number of hydrogen-bond acceptors (Lipinski definition) is 4. The van der Waals surface area contributed by atoms with E-state index in [-0.39, 0.29) is 22.6 Å². The average molecular weight is 322 g/mol. The van der Waals surface area contributed by atoms with Crippen molar-refractivity contribution in [3.8, 4) is 5.75 Å². The summed E-state index contributed by atoms with van der Waals surface area (Å²) in [4.78, 5) is 16.3. The summed E-state index contributed by atoms with van der Waals surface area (Å²) in [6.45, 7) is 2.55. The Hall–Kier alpha value is -1.85. The monoisotopic (exact) mass is 321 g/mol. The number of carbonyl (C=O) groups excluding carboxylic acids is 1. The number of unbranched alkanes of at least 4 members (excludes halogenated alkanes) is 1. The number of aromatic nitrogens is 1.